The van der Waals surface area contributed by atoms with Crippen molar-refractivity contribution in [2.45, 2.75) is 25.8 Å². The first-order valence-electron chi connectivity index (χ1n) is 6.78. The van der Waals surface area contributed by atoms with E-state index in [0.717, 1.165) is 18.5 Å². The molecule has 1 aromatic heterocycles. The largest absolute Gasteiger partial charge is 0.310 e. The third-order valence-electron chi connectivity index (χ3n) is 3.15. The Labute approximate surface area is 124 Å². The van der Waals surface area contributed by atoms with Crippen LogP contribution in [0, 0.1) is 5.82 Å². The predicted molar refractivity (Wildman–Crippen MR) is 80.4 cm³/mol. The maximum absolute atomic E-state index is 13.9. The number of hydrogen-bond donors (Lipinski definition) is 1. The Balaban J connectivity index is 2.22. The van der Waals surface area contributed by atoms with Crippen LogP contribution in [-0.4, -0.2) is 11.5 Å². The zero-order valence-electron chi connectivity index (χ0n) is 11.4. The summed E-state index contributed by atoms with van der Waals surface area (Å²) in [5, 5.41) is 4.08. The van der Waals surface area contributed by atoms with Crippen molar-refractivity contribution in [3.63, 3.8) is 0 Å². The Morgan fingerprint density at radius 2 is 2.20 bits per heavy atom. The summed E-state index contributed by atoms with van der Waals surface area (Å²) in [7, 11) is 0. The molecule has 0 bridgehead atoms. The fourth-order valence-electron chi connectivity index (χ4n) is 2.18. The summed E-state index contributed by atoms with van der Waals surface area (Å²) >= 11 is 6.01. The normalized spacial score (nSPS) is 12.3. The van der Waals surface area contributed by atoms with Crippen LogP contribution in [0.25, 0.3) is 0 Å². The van der Waals surface area contributed by atoms with Crippen molar-refractivity contribution >= 4 is 11.6 Å². The zero-order chi connectivity index (χ0) is 14.4. The number of nitrogens with one attached hydrogen (secondary N) is 1. The number of aromatic nitrogens is 1. The van der Waals surface area contributed by atoms with Gasteiger partial charge in [-0.3, -0.25) is 4.98 Å². The molecule has 0 aliphatic heterocycles. The Morgan fingerprint density at radius 1 is 1.35 bits per heavy atom. The van der Waals surface area contributed by atoms with Gasteiger partial charge in [0.2, 0.25) is 0 Å². The summed E-state index contributed by atoms with van der Waals surface area (Å²) in [5.41, 5.74) is 1.73. The van der Waals surface area contributed by atoms with Crippen LogP contribution in [0.4, 0.5) is 4.39 Å². The highest BCUT2D eigenvalue weighted by Crippen LogP contribution is 2.22. The molecule has 1 N–H and O–H groups in total. The lowest BCUT2D eigenvalue weighted by Crippen LogP contribution is -2.25. The van der Waals surface area contributed by atoms with Gasteiger partial charge in [0.15, 0.2) is 0 Å². The molecule has 20 heavy (non-hydrogen) atoms. The summed E-state index contributed by atoms with van der Waals surface area (Å²) in [6, 6.07) is 9.33. The summed E-state index contributed by atoms with van der Waals surface area (Å²) in [6.07, 6.45) is 4.57. The van der Waals surface area contributed by atoms with Crippen LogP contribution in [0.5, 0.6) is 0 Å². The van der Waals surface area contributed by atoms with Crippen LogP contribution in [0.3, 0.4) is 0 Å². The average molecular weight is 293 g/mol. The molecule has 106 valence electrons. The van der Waals surface area contributed by atoms with Crippen molar-refractivity contribution in [3.05, 3.63) is 64.7 Å². The molecule has 0 amide bonds. The highest BCUT2D eigenvalue weighted by molar-refractivity contribution is 6.30. The van der Waals surface area contributed by atoms with Gasteiger partial charge in [-0.1, -0.05) is 30.7 Å². The fourth-order valence-corrected chi connectivity index (χ4v) is 2.39. The smallest absolute Gasteiger partial charge is 0.146 e. The molecule has 0 spiro atoms. The van der Waals surface area contributed by atoms with Crippen LogP contribution in [0.2, 0.25) is 5.02 Å². The van der Waals surface area contributed by atoms with Crippen molar-refractivity contribution in [3.8, 4) is 0 Å². The van der Waals surface area contributed by atoms with E-state index in [0.29, 0.717) is 17.0 Å². The molecule has 0 saturated carbocycles. The van der Waals surface area contributed by atoms with E-state index in [1.165, 1.54) is 6.20 Å². The number of nitrogens with zero attached hydrogens (tertiary/aromatic N) is 1. The second-order valence-electron chi connectivity index (χ2n) is 4.74. The van der Waals surface area contributed by atoms with Crippen LogP contribution in [0.15, 0.2) is 42.7 Å². The lowest BCUT2D eigenvalue weighted by molar-refractivity contribution is 0.495. The van der Waals surface area contributed by atoms with Gasteiger partial charge >= 0.3 is 0 Å². The van der Waals surface area contributed by atoms with Gasteiger partial charge in [-0.15, -0.1) is 0 Å². The van der Waals surface area contributed by atoms with E-state index in [1.807, 2.05) is 24.3 Å². The third-order valence-corrected chi connectivity index (χ3v) is 3.38. The van der Waals surface area contributed by atoms with Gasteiger partial charge in [-0.2, -0.15) is 0 Å². The van der Waals surface area contributed by atoms with Gasteiger partial charge in [-0.25, -0.2) is 4.39 Å². The van der Waals surface area contributed by atoms with Crippen molar-refractivity contribution in [1.29, 1.82) is 0 Å². The van der Waals surface area contributed by atoms with Crippen LogP contribution < -0.4 is 5.32 Å². The molecular weight excluding hydrogens is 275 g/mol. The van der Waals surface area contributed by atoms with Gasteiger partial charge < -0.3 is 5.32 Å². The topological polar surface area (TPSA) is 24.9 Å². The maximum Gasteiger partial charge on any atom is 0.146 e. The minimum atomic E-state index is -0.275. The minimum Gasteiger partial charge on any atom is -0.310 e. The molecule has 1 aromatic carbocycles. The Bertz CT molecular complexity index is 560. The molecule has 4 heteroatoms. The highest BCUT2D eigenvalue weighted by atomic mass is 35.5. The second kappa shape index (κ2) is 7.36. The fraction of sp³-hybridized carbons (Fsp3) is 0.312. The number of halogens is 2. The molecule has 2 rings (SSSR count). The summed E-state index contributed by atoms with van der Waals surface area (Å²) in [6.45, 7) is 2.93. The number of hydrogen-bond acceptors (Lipinski definition) is 2. The van der Waals surface area contributed by atoms with E-state index in [2.05, 4.69) is 17.2 Å². The molecule has 1 unspecified atom stereocenters. The molecule has 1 atom stereocenters. The first-order valence-corrected chi connectivity index (χ1v) is 7.15. The molecule has 0 saturated heterocycles. The number of benzene rings is 1. The standard InChI is InChI=1S/C16H18ClFN2/c1-2-7-20-16(14-6-8-19-11-15(14)18)10-12-4-3-5-13(17)9-12/h3-6,8-9,11,16,20H,2,7,10H2,1H3. The third kappa shape index (κ3) is 4.02. The Morgan fingerprint density at radius 3 is 2.90 bits per heavy atom. The molecule has 0 aliphatic rings. The molecule has 2 aromatic rings. The first kappa shape index (κ1) is 14.9. The summed E-state index contributed by atoms with van der Waals surface area (Å²) < 4.78 is 13.9. The van der Waals surface area contributed by atoms with Crippen LogP contribution in [0.1, 0.15) is 30.5 Å². The Kier molecular flexibility index (Phi) is 5.50. The summed E-state index contributed by atoms with van der Waals surface area (Å²) in [4.78, 5) is 3.80. The first-order chi connectivity index (χ1) is 9.70. The van der Waals surface area contributed by atoms with E-state index in [4.69, 9.17) is 11.6 Å². The van der Waals surface area contributed by atoms with Gasteiger partial charge in [-0.05, 0) is 43.1 Å². The average Bonchev–Trinajstić information content (AvgIpc) is 2.44. The highest BCUT2D eigenvalue weighted by Gasteiger charge is 2.15. The molecule has 1 heterocycles. The molecule has 0 radical (unpaired) electrons. The van der Waals surface area contributed by atoms with Crippen molar-refractivity contribution in [1.82, 2.24) is 10.3 Å². The molecule has 0 aliphatic carbocycles. The van der Waals surface area contributed by atoms with Crippen LogP contribution in [-0.2, 0) is 6.42 Å². The van der Waals surface area contributed by atoms with Gasteiger partial charge in [0.1, 0.15) is 5.82 Å². The zero-order valence-corrected chi connectivity index (χ0v) is 12.2. The quantitative estimate of drug-likeness (QED) is 0.865. The van der Waals surface area contributed by atoms with Gasteiger partial charge in [0.25, 0.3) is 0 Å². The second-order valence-corrected chi connectivity index (χ2v) is 5.17. The van der Waals surface area contributed by atoms with E-state index < -0.39 is 0 Å². The van der Waals surface area contributed by atoms with E-state index in [-0.39, 0.29) is 11.9 Å². The molecular formula is C16H18ClFN2. The minimum absolute atomic E-state index is 0.0728. The SMILES string of the molecule is CCCNC(Cc1cccc(Cl)c1)c1ccncc1F. The Hall–Kier alpha value is -1.45. The lowest BCUT2D eigenvalue weighted by Gasteiger charge is -2.19. The molecule has 0 fully saturated rings. The maximum atomic E-state index is 13.9. The summed E-state index contributed by atoms with van der Waals surface area (Å²) in [5.74, 6) is -0.275. The lowest BCUT2D eigenvalue weighted by atomic mass is 9.99. The predicted octanol–water partition coefficient (Wildman–Crippen LogP) is 4.16. The number of pyridine rings is 1. The van der Waals surface area contributed by atoms with E-state index in [1.54, 1.807) is 12.3 Å². The van der Waals surface area contributed by atoms with Crippen molar-refractivity contribution in [2.24, 2.45) is 0 Å². The number of rotatable bonds is 6. The van der Waals surface area contributed by atoms with Crippen LogP contribution >= 0.6 is 11.6 Å². The van der Waals surface area contributed by atoms with Gasteiger partial charge in [0.05, 0.1) is 6.20 Å². The van der Waals surface area contributed by atoms with Crippen molar-refractivity contribution in [2.75, 3.05) is 6.54 Å². The molecule has 2 nitrogen and oxygen atoms in total. The van der Waals surface area contributed by atoms with Gasteiger partial charge in [0, 0.05) is 22.8 Å². The van der Waals surface area contributed by atoms with E-state index >= 15 is 0 Å². The van der Waals surface area contributed by atoms with Crippen molar-refractivity contribution < 1.29 is 4.39 Å². The van der Waals surface area contributed by atoms with E-state index in [9.17, 15) is 4.39 Å². The monoisotopic (exact) mass is 292 g/mol.